The van der Waals surface area contributed by atoms with Gasteiger partial charge in [-0.05, 0) is 30.1 Å². The molecule has 0 amide bonds. The molecular formula is C11H17FS2. The van der Waals surface area contributed by atoms with Crippen molar-refractivity contribution in [3.63, 3.8) is 0 Å². The zero-order valence-corrected chi connectivity index (χ0v) is 10.8. The first-order chi connectivity index (χ1) is 6.34. The topological polar surface area (TPSA) is 0 Å². The highest BCUT2D eigenvalue weighted by molar-refractivity contribution is 8.87. The Morgan fingerprint density at radius 2 is 1.86 bits per heavy atom. The van der Waals surface area contributed by atoms with Crippen LogP contribution in [0.15, 0.2) is 23.1 Å². The predicted octanol–water partition coefficient (Wildman–Crippen LogP) is 4.22. The molecule has 3 heteroatoms. The Kier molecular flexibility index (Phi) is 3.53. The van der Waals surface area contributed by atoms with Gasteiger partial charge in [0.05, 0.1) is 0 Å². The van der Waals surface area contributed by atoms with Crippen LogP contribution in [0, 0.1) is 5.82 Å². The molecule has 1 aromatic carbocycles. The minimum absolute atomic E-state index is 0.119. The molecule has 0 N–H and O–H groups in total. The Morgan fingerprint density at radius 3 is 2.21 bits per heavy atom. The Bertz CT molecular complexity index is 327. The van der Waals surface area contributed by atoms with Gasteiger partial charge in [-0.3, -0.25) is 0 Å². The summed E-state index contributed by atoms with van der Waals surface area (Å²) >= 11 is 4.52. The van der Waals surface area contributed by atoms with Crippen molar-refractivity contribution >= 4 is 20.7 Å². The summed E-state index contributed by atoms with van der Waals surface area (Å²) in [6, 6.07) is 5.29. The van der Waals surface area contributed by atoms with Gasteiger partial charge in [0.2, 0.25) is 0 Å². The minimum atomic E-state index is -1.29. The van der Waals surface area contributed by atoms with E-state index in [0.29, 0.717) is 5.92 Å². The molecule has 80 valence electrons. The SMILES string of the molecule is CC(C)c1cccc(F)c1S(C)(C)S. The monoisotopic (exact) mass is 232 g/mol. The van der Waals surface area contributed by atoms with Gasteiger partial charge in [-0.25, -0.2) is 4.39 Å². The molecule has 0 aliphatic rings. The second kappa shape index (κ2) is 4.15. The lowest BCUT2D eigenvalue weighted by Gasteiger charge is -2.29. The normalized spacial score (nSPS) is 13.4. The Balaban J connectivity index is 3.38. The maximum atomic E-state index is 13.7. The van der Waals surface area contributed by atoms with Gasteiger partial charge in [-0.2, -0.15) is 9.06 Å². The first-order valence-corrected chi connectivity index (χ1v) is 8.08. The smallest absolute Gasteiger partial charge is 0.136 e. The zero-order chi connectivity index (χ0) is 10.9. The average Bonchev–Trinajstić information content (AvgIpc) is 2.01. The van der Waals surface area contributed by atoms with Gasteiger partial charge < -0.3 is 0 Å². The minimum Gasteiger partial charge on any atom is -0.206 e. The quantitative estimate of drug-likeness (QED) is 0.573. The summed E-state index contributed by atoms with van der Waals surface area (Å²) in [4.78, 5) is 0.804. The highest BCUT2D eigenvalue weighted by atomic mass is 33.1. The van der Waals surface area contributed by atoms with Crippen molar-refractivity contribution in [3.05, 3.63) is 29.6 Å². The first-order valence-electron chi connectivity index (χ1n) is 4.58. The summed E-state index contributed by atoms with van der Waals surface area (Å²) in [6.45, 7) is 4.16. The molecule has 0 aliphatic carbocycles. The van der Waals surface area contributed by atoms with E-state index in [9.17, 15) is 4.39 Å². The van der Waals surface area contributed by atoms with E-state index in [1.54, 1.807) is 6.07 Å². The van der Waals surface area contributed by atoms with Crippen molar-refractivity contribution in [2.75, 3.05) is 12.5 Å². The summed E-state index contributed by atoms with van der Waals surface area (Å²) in [5.41, 5.74) is 1.08. The van der Waals surface area contributed by atoms with Crippen LogP contribution in [0.4, 0.5) is 4.39 Å². The lowest BCUT2D eigenvalue weighted by molar-refractivity contribution is 0.592. The van der Waals surface area contributed by atoms with E-state index in [1.165, 1.54) is 6.07 Å². The molecule has 0 aliphatic heterocycles. The molecule has 0 atom stereocenters. The maximum absolute atomic E-state index is 13.7. The second-order valence-electron chi connectivity index (χ2n) is 4.09. The molecule has 0 nitrogen and oxygen atoms in total. The van der Waals surface area contributed by atoms with Crippen LogP contribution >= 0.6 is 20.7 Å². The van der Waals surface area contributed by atoms with Gasteiger partial charge >= 0.3 is 0 Å². The third-order valence-corrected chi connectivity index (χ3v) is 4.10. The van der Waals surface area contributed by atoms with Crippen molar-refractivity contribution in [1.82, 2.24) is 0 Å². The fraction of sp³-hybridized carbons (Fsp3) is 0.455. The lowest BCUT2D eigenvalue weighted by Crippen LogP contribution is -2.00. The predicted molar refractivity (Wildman–Crippen MR) is 67.2 cm³/mol. The van der Waals surface area contributed by atoms with E-state index < -0.39 is 9.06 Å². The molecule has 0 heterocycles. The third kappa shape index (κ3) is 2.45. The number of benzene rings is 1. The first kappa shape index (κ1) is 11.9. The van der Waals surface area contributed by atoms with Crippen LogP contribution in [0.1, 0.15) is 25.3 Å². The Labute approximate surface area is 92.0 Å². The largest absolute Gasteiger partial charge is 0.206 e. The molecule has 0 radical (unpaired) electrons. The lowest BCUT2D eigenvalue weighted by atomic mass is 10.0. The average molecular weight is 232 g/mol. The van der Waals surface area contributed by atoms with E-state index in [4.69, 9.17) is 0 Å². The van der Waals surface area contributed by atoms with Gasteiger partial charge in [-0.15, -0.1) is 11.7 Å². The summed E-state index contributed by atoms with van der Waals surface area (Å²) in [7, 11) is -1.29. The second-order valence-corrected chi connectivity index (χ2v) is 9.78. The molecule has 14 heavy (non-hydrogen) atoms. The van der Waals surface area contributed by atoms with Crippen molar-refractivity contribution in [3.8, 4) is 0 Å². The zero-order valence-electron chi connectivity index (χ0n) is 9.04. The van der Waals surface area contributed by atoms with Crippen LogP contribution in [0.25, 0.3) is 0 Å². The van der Waals surface area contributed by atoms with E-state index in [0.717, 1.165) is 10.5 Å². The van der Waals surface area contributed by atoms with E-state index in [1.807, 2.05) is 18.6 Å². The van der Waals surface area contributed by atoms with Crippen molar-refractivity contribution in [1.29, 1.82) is 0 Å². The fourth-order valence-electron chi connectivity index (χ4n) is 1.51. The summed E-state index contributed by atoms with van der Waals surface area (Å²) in [6.07, 6.45) is 4.00. The number of halogens is 1. The molecule has 0 unspecified atom stereocenters. The van der Waals surface area contributed by atoms with Crippen LogP contribution in [-0.4, -0.2) is 12.5 Å². The Hall–Kier alpha value is -0.150. The standard InChI is InChI=1S/C11H17FS2/c1-8(2)9-6-5-7-10(12)11(9)14(3,4)13/h5-8,13H,1-4H3. The third-order valence-electron chi connectivity index (χ3n) is 2.12. The van der Waals surface area contributed by atoms with Crippen LogP contribution in [-0.2, 0) is 0 Å². The van der Waals surface area contributed by atoms with Crippen molar-refractivity contribution in [2.45, 2.75) is 24.7 Å². The van der Waals surface area contributed by atoms with Crippen LogP contribution in [0.5, 0.6) is 0 Å². The highest BCUT2D eigenvalue weighted by Crippen LogP contribution is 2.56. The fourth-order valence-corrected chi connectivity index (χ4v) is 3.51. The summed E-state index contributed by atoms with van der Waals surface area (Å²) < 4.78 is 13.7. The highest BCUT2D eigenvalue weighted by Gasteiger charge is 2.20. The van der Waals surface area contributed by atoms with Gasteiger partial charge in [0.15, 0.2) is 0 Å². The van der Waals surface area contributed by atoms with E-state index in [2.05, 4.69) is 25.5 Å². The van der Waals surface area contributed by atoms with Gasteiger partial charge in [0, 0.05) is 4.90 Å². The van der Waals surface area contributed by atoms with E-state index in [-0.39, 0.29) is 5.82 Å². The number of hydrogen-bond acceptors (Lipinski definition) is 1. The molecular weight excluding hydrogens is 215 g/mol. The molecule has 0 spiro atoms. The molecule has 0 saturated carbocycles. The number of rotatable bonds is 2. The molecule has 1 rings (SSSR count). The van der Waals surface area contributed by atoms with Crippen LogP contribution in [0.2, 0.25) is 0 Å². The number of hydrogen-bond donors (Lipinski definition) is 1. The van der Waals surface area contributed by atoms with Crippen LogP contribution in [0.3, 0.4) is 0 Å². The maximum Gasteiger partial charge on any atom is 0.136 e. The molecule has 0 fully saturated rings. The van der Waals surface area contributed by atoms with Gasteiger partial charge in [0.1, 0.15) is 5.82 Å². The summed E-state index contributed by atoms with van der Waals surface area (Å²) in [5.74, 6) is 0.228. The van der Waals surface area contributed by atoms with E-state index >= 15 is 0 Å². The van der Waals surface area contributed by atoms with Gasteiger partial charge in [0.25, 0.3) is 0 Å². The molecule has 0 bridgehead atoms. The molecule has 1 aromatic rings. The Morgan fingerprint density at radius 1 is 1.29 bits per heavy atom. The molecule has 0 saturated heterocycles. The number of thiol groups is 1. The molecule has 0 aromatic heterocycles. The van der Waals surface area contributed by atoms with Gasteiger partial charge in [-0.1, -0.05) is 26.0 Å². The summed E-state index contributed by atoms with van der Waals surface area (Å²) in [5, 5.41) is 0. The van der Waals surface area contributed by atoms with Crippen molar-refractivity contribution < 1.29 is 4.39 Å². The van der Waals surface area contributed by atoms with Crippen molar-refractivity contribution in [2.24, 2.45) is 0 Å². The van der Waals surface area contributed by atoms with Crippen LogP contribution < -0.4 is 0 Å².